The summed E-state index contributed by atoms with van der Waals surface area (Å²) in [6.45, 7) is 0. The highest BCUT2D eigenvalue weighted by Crippen LogP contribution is 2.24. The topological polar surface area (TPSA) is 58.2 Å². The van der Waals surface area contributed by atoms with Crippen molar-refractivity contribution in [2.45, 2.75) is 30.2 Å². The van der Waals surface area contributed by atoms with Gasteiger partial charge in [0.25, 0.3) is 0 Å². The zero-order chi connectivity index (χ0) is 11.6. The maximum atomic E-state index is 12.1. The molecule has 1 aliphatic carbocycles. The predicted octanol–water partition coefficient (Wildman–Crippen LogP) is 1.56. The van der Waals surface area contributed by atoms with Gasteiger partial charge < -0.3 is 5.32 Å². The van der Waals surface area contributed by atoms with Gasteiger partial charge in [-0.25, -0.2) is 13.1 Å². The summed E-state index contributed by atoms with van der Waals surface area (Å²) < 4.78 is 26.8. The molecule has 0 saturated heterocycles. The van der Waals surface area contributed by atoms with Gasteiger partial charge in [0.2, 0.25) is 10.0 Å². The molecule has 88 valence electrons. The van der Waals surface area contributed by atoms with Crippen LogP contribution in [0.25, 0.3) is 0 Å². The largest absolute Gasteiger partial charge is 0.387 e. The van der Waals surface area contributed by atoms with E-state index in [0.717, 1.165) is 19.3 Å². The van der Waals surface area contributed by atoms with Crippen molar-refractivity contribution in [1.82, 2.24) is 4.72 Å². The minimum atomic E-state index is -3.38. The van der Waals surface area contributed by atoms with E-state index in [9.17, 15) is 8.42 Å². The Morgan fingerprint density at radius 2 is 1.94 bits per heavy atom. The van der Waals surface area contributed by atoms with Gasteiger partial charge in [-0.1, -0.05) is 18.6 Å². The number of sulfonamides is 1. The quantitative estimate of drug-likeness (QED) is 0.839. The first-order valence-corrected chi connectivity index (χ1v) is 6.91. The van der Waals surface area contributed by atoms with Gasteiger partial charge in [0.1, 0.15) is 4.90 Å². The molecule has 1 saturated carbocycles. The number of rotatable bonds is 4. The van der Waals surface area contributed by atoms with Crippen LogP contribution in [0.5, 0.6) is 0 Å². The Morgan fingerprint density at radius 1 is 1.25 bits per heavy atom. The molecule has 0 aromatic heterocycles. The smallest absolute Gasteiger partial charge is 0.242 e. The fourth-order valence-corrected chi connectivity index (χ4v) is 3.24. The van der Waals surface area contributed by atoms with Crippen LogP contribution >= 0.6 is 0 Å². The summed E-state index contributed by atoms with van der Waals surface area (Å²) in [6, 6.07) is 7.04. The highest BCUT2D eigenvalue weighted by Gasteiger charge is 2.25. The summed E-state index contributed by atoms with van der Waals surface area (Å²) in [5, 5.41) is 2.89. The zero-order valence-corrected chi connectivity index (χ0v) is 10.0. The highest BCUT2D eigenvalue weighted by atomic mass is 32.2. The van der Waals surface area contributed by atoms with E-state index < -0.39 is 10.0 Å². The molecule has 0 spiro atoms. The van der Waals surface area contributed by atoms with Crippen LogP contribution in [0.1, 0.15) is 19.3 Å². The number of para-hydroxylation sites is 1. The Labute approximate surface area is 96.1 Å². The Bertz CT molecular complexity index is 467. The predicted molar refractivity (Wildman–Crippen MR) is 63.9 cm³/mol. The van der Waals surface area contributed by atoms with Crippen molar-refractivity contribution in [2.75, 3.05) is 12.4 Å². The molecule has 0 radical (unpaired) electrons. The van der Waals surface area contributed by atoms with Gasteiger partial charge >= 0.3 is 0 Å². The molecule has 0 bridgehead atoms. The maximum absolute atomic E-state index is 12.1. The first kappa shape index (κ1) is 11.4. The third-order valence-corrected chi connectivity index (χ3v) is 4.45. The lowest BCUT2D eigenvalue weighted by atomic mass is 9.94. The standard InChI is InChI=1S/C11H16N2O2S/c1-12-10-7-2-3-8-11(10)16(14,15)13-9-5-4-6-9/h2-3,7-9,12-13H,4-6H2,1H3. The molecule has 2 N–H and O–H groups in total. The van der Waals surface area contributed by atoms with Crippen molar-refractivity contribution in [1.29, 1.82) is 0 Å². The Kier molecular flexibility index (Phi) is 3.16. The van der Waals surface area contributed by atoms with Gasteiger partial charge in [-0.05, 0) is 25.0 Å². The summed E-state index contributed by atoms with van der Waals surface area (Å²) >= 11 is 0. The van der Waals surface area contributed by atoms with Crippen LogP contribution in [0.4, 0.5) is 5.69 Å². The molecule has 0 amide bonds. The number of hydrogen-bond donors (Lipinski definition) is 2. The first-order valence-electron chi connectivity index (χ1n) is 5.42. The van der Waals surface area contributed by atoms with Crippen molar-refractivity contribution in [3.8, 4) is 0 Å². The van der Waals surface area contributed by atoms with E-state index in [1.807, 2.05) is 6.07 Å². The molecule has 4 nitrogen and oxygen atoms in total. The van der Waals surface area contributed by atoms with Gasteiger partial charge in [-0.2, -0.15) is 0 Å². The molecule has 1 fully saturated rings. The average molecular weight is 240 g/mol. The van der Waals surface area contributed by atoms with Crippen molar-refractivity contribution >= 4 is 15.7 Å². The third kappa shape index (κ3) is 2.20. The second kappa shape index (κ2) is 4.43. The fourth-order valence-electron chi connectivity index (χ4n) is 1.72. The lowest BCUT2D eigenvalue weighted by molar-refractivity contribution is 0.383. The molecule has 0 atom stereocenters. The van der Waals surface area contributed by atoms with E-state index in [-0.39, 0.29) is 6.04 Å². The van der Waals surface area contributed by atoms with Gasteiger partial charge in [0.05, 0.1) is 5.69 Å². The van der Waals surface area contributed by atoms with Crippen LogP contribution in [0.15, 0.2) is 29.2 Å². The first-order chi connectivity index (χ1) is 7.63. The van der Waals surface area contributed by atoms with Crippen LogP contribution < -0.4 is 10.0 Å². The number of nitrogens with one attached hydrogen (secondary N) is 2. The van der Waals surface area contributed by atoms with Crippen LogP contribution in [0.3, 0.4) is 0 Å². The molecule has 2 rings (SSSR count). The lowest BCUT2D eigenvalue weighted by Gasteiger charge is -2.26. The maximum Gasteiger partial charge on any atom is 0.242 e. The van der Waals surface area contributed by atoms with E-state index in [2.05, 4.69) is 10.0 Å². The van der Waals surface area contributed by atoms with Crippen molar-refractivity contribution in [3.05, 3.63) is 24.3 Å². The fraction of sp³-hybridized carbons (Fsp3) is 0.455. The summed E-state index contributed by atoms with van der Waals surface area (Å²) in [7, 11) is -1.66. The molecule has 1 aromatic carbocycles. The summed E-state index contributed by atoms with van der Waals surface area (Å²) in [4.78, 5) is 0.324. The van der Waals surface area contributed by atoms with E-state index in [1.54, 1.807) is 25.2 Å². The van der Waals surface area contributed by atoms with Crippen LogP contribution in [0, 0.1) is 0 Å². The Morgan fingerprint density at radius 3 is 2.50 bits per heavy atom. The number of benzene rings is 1. The zero-order valence-electron chi connectivity index (χ0n) is 9.23. The Hall–Kier alpha value is -1.07. The molecular weight excluding hydrogens is 224 g/mol. The SMILES string of the molecule is CNc1ccccc1S(=O)(=O)NC1CCC1. The van der Waals surface area contributed by atoms with Crippen molar-refractivity contribution in [3.63, 3.8) is 0 Å². The monoisotopic (exact) mass is 240 g/mol. The molecule has 0 unspecified atom stereocenters. The molecule has 5 heteroatoms. The normalized spacial score (nSPS) is 16.8. The van der Waals surface area contributed by atoms with Crippen LogP contribution in [-0.4, -0.2) is 21.5 Å². The van der Waals surface area contributed by atoms with Crippen LogP contribution in [0.2, 0.25) is 0 Å². The summed E-state index contributed by atoms with van der Waals surface area (Å²) in [5.74, 6) is 0. The lowest BCUT2D eigenvalue weighted by Crippen LogP contribution is -2.39. The van der Waals surface area contributed by atoms with Crippen molar-refractivity contribution in [2.24, 2.45) is 0 Å². The highest BCUT2D eigenvalue weighted by molar-refractivity contribution is 7.89. The van der Waals surface area contributed by atoms with E-state index in [4.69, 9.17) is 0 Å². The van der Waals surface area contributed by atoms with Gasteiger partial charge in [0, 0.05) is 13.1 Å². The molecule has 16 heavy (non-hydrogen) atoms. The van der Waals surface area contributed by atoms with Gasteiger partial charge in [0.15, 0.2) is 0 Å². The van der Waals surface area contributed by atoms with E-state index >= 15 is 0 Å². The minimum Gasteiger partial charge on any atom is -0.387 e. The second-order valence-electron chi connectivity index (χ2n) is 4.00. The summed E-state index contributed by atoms with van der Waals surface area (Å²) in [6.07, 6.45) is 3.00. The number of hydrogen-bond acceptors (Lipinski definition) is 3. The molecule has 1 aromatic rings. The second-order valence-corrected chi connectivity index (χ2v) is 5.68. The third-order valence-electron chi connectivity index (χ3n) is 2.87. The minimum absolute atomic E-state index is 0.120. The van der Waals surface area contributed by atoms with Gasteiger partial charge in [-0.3, -0.25) is 0 Å². The van der Waals surface area contributed by atoms with Crippen molar-refractivity contribution < 1.29 is 8.42 Å². The summed E-state index contributed by atoms with van der Waals surface area (Å²) in [5.41, 5.74) is 0.634. The molecule has 0 aliphatic heterocycles. The molecule has 0 heterocycles. The molecule has 1 aliphatic rings. The average Bonchev–Trinajstić information content (AvgIpc) is 2.24. The van der Waals surface area contributed by atoms with E-state index in [1.165, 1.54) is 0 Å². The Balaban J connectivity index is 2.27. The molecular formula is C11H16N2O2S. The number of anilines is 1. The van der Waals surface area contributed by atoms with E-state index in [0.29, 0.717) is 10.6 Å². The van der Waals surface area contributed by atoms with Crippen LogP contribution in [-0.2, 0) is 10.0 Å². The van der Waals surface area contributed by atoms with Gasteiger partial charge in [-0.15, -0.1) is 0 Å².